The van der Waals surface area contributed by atoms with Gasteiger partial charge in [-0.3, -0.25) is 0 Å². The molecule has 108 valence electrons. The van der Waals surface area contributed by atoms with Crippen molar-refractivity contribution in [1.82, 2.24) is 14.8 Å². The number of hydrogen-bond acceptors (Lipinski definition) is 4. The van der Waals surface area contributed by atoms with E-state index in [4.69, 9.17) is 14.3 Å². The summed E-state index contributed by atoms with van der Waals surface area (Å²) in [6, 6.07) is 6.14. The Kier molecular flexibility index (Phi) is 3.27. The monoisotopic (exact) mass is 347 g/mol. The summed E-state index contributed by atoms with van der Waals surface area (Å²) in [6.45, 7) is 0.792. The predicted octanol–water partition coefficient (Wildman–Crippen LogP) is 4.15. The normalized spacial score (nSPS) is 19.2. The molecule has 1 saturated heterocycles. The maximum Gasteiger partial charge on any atom is 0.181 e. The number of nitrogens with zero attached hydrogens (tertiary/aromatic N) is 3. The molecule has 3 aromatic rings. The highest BCUT2D eigenvalue weighted by Gasteiger charge is 2.22. The Labute approximate surface area is 130 Å². The van der Waals surface area contributed by atoms with E-state index in [2.05, 4.69) is 33.0 Å². The molecule has 4 rings (SSSR count). The van der Waals surface area contributed by atoms with Gasteiger partial charge in [-0.05, 0) is 37.5 Å². The van der Waals surface area contributed by atoms with E-state index in [1.165, 1.54) is 12.8 Å². The van der Waals surface area contributed by atoms with Crippen LogP contribution < -0.4 is 0 Å². The standard InChI is InChI=1S/C15H14BrN3O2/c16-10-4-5-12-11(7-10)15(13-8-17-9-21-13)18-19(12)14-3-1-2-6-20-14/h4-5,7-9,14H,1-3,6H2. The summed E-state index contributed by atoms with van der Waals surface area (Å²) in [5.74, 6) is 0.674. The molecule has 21 heavy (non-hydrogen) atoms. The summed E-state index contributed by atoms with van der Waals surface area (Å²) in [5, 5.41) is 5.77. The van der Waals surface area contributed by atoms with E-state index < -0.39 is 0 Å². The van der Waals surface area contributed by atoms with E-state index in [0.29, 0.717) is 5.76 Å². The van der Waals surface area contributed by atoms with Crippen LogP contribution in [-0.2, 0) is 4.74 Å². The van der Waals surface area contributed by atoms with Crippen molar-refractivity contribution in [1.29, 1.82) is 0 Å². The Balaban J connectivity index is 1.91. The molecule has 1 unspecified atom stereocenters. The minimum absolute atomic E-state index is 0.000836. The van der Waals surface area contributed by atoms with Gasteiger partial charge in [0.1, 0.15) is 5.69 Å². The van der Waals surface area contributed by atoms with Gasteiger partial charge in [-0.25, -0.2) is 9.67 Å². The Morgan fingerprint density at radius 1 is 1.29 bits per heavy atom. The minimum atomic E-state index is -0.000836. The smallest absolute Gasteiger partial charge is 0.181 e. The van der Waals surface area contributed by atoms with Crippen LogP contribution in [0.4, 0.5) is 0 Å². The summed E-state index contributed by atoms with van der Waals surface area (Å²) in [4.78, 5) is 3.99. The van der Waals surface area contributed by atoms with Gasteiger partial charge < -0.3 is 9.15 Å². The molecular weight excluding hydrogens is 334 g/mol. The molecule has 1 aliphatic heterocycles. The molecule has 0 saturated carbocycles. The van der Waals surface area contributed by atoms with Gasteiger partial charge in [0.25, 0.3) is 0 Å². The van der Waals surface area contributed by atoms with Crippen molar-refractivity contribution >= 4 is 26.8 Å². The summed E-state index contributed by atoms with van der Waals surface area (Å²) in [6.07, 6.45) is 6.39. The van der Waals surface area contributed by atoms with Gasteiger partial charge in [0.2, 0.25) is 0 Å². The molecule has 6 heteroatoms. The van der Waals surface area contributed by atoms with Crippen LogP contribution in [-0.4, -0.2) is 21.4 Å². The van der Waals surface area contributed by atoms with Crippen molar-refractivity contribution in [2.75, 3.05) is 6.61 Å². The van der Waals surface area contributed by atoms with Gasteiger partial charge in [0, 0.05) is 16.5 Å². The molecule has 0 radical (unpaired) electrons. The van der Waals surface area contributed by atoms with Crippen LogP contribution in [0.15, 0.2) is 39.7 Å². The quantitative estimate of drug-likeness (QED) is 0.698. The van der Waals surface area contributed by atoms with Crippen molar-refractivity contribution in [3.63, 3.8) is 0 Å². The lowest BCUT2D eigenvalue weighted by Gasteiger charge is -2.23. The highest BCUT2D eigenvalue weighted by molar-refractivity contribution is 9.10. The molecule has 1 aliphatic rings. The fourth-order valence-electron chi connectivity index (χ4n) is 2.76. The lowest BCUT2D eigenvalue weighted by molar-refractivity contribution is -0.0365. The van der Waals surface area contributed by atoms with Crippen molar-refractivity contribution in [3.05, 3.63) is 35.3 Å². The first kappa shape index (κ1) is 13.0. The van der Waals surface area contributed by atoms with Crippen LogP contribution in [0.5, 0.6) is 0 Å². The number of fused-ring (bicyclic) bond motifs is 1. The SMILES string of the molecule is Brc1ccc2c(c1)c(-c1cnco1)nn2C1CCCCO1. The van der Waals surface area contributed by atoms with E-state index in [-0.39, 0.29) is 6.23 Å². The molecule has 1 atom stereocenters. The number of oxazole rings is 1. The summed E-state index contributed by atoms with van der Waals surface area (Å²) in [5.41, 5.74) is 1.86. The van der Waals surface area contributed by atoms with E-state index in [9.17, 15) is 0 Å². The number of hydrogen-bond donors (Lipinski definition) is 0. The summed E-state index contributed by atoms with van der Waals surface area (Å²) in [7, 11) is 0. The average molecular weight is 348 g/mol. The zero-order valence-electron chi connectivity index (χ0n) is 11.3. The second-order valence-electron chi connectivity index (χ2n) is 5.14. The summed E-state index contributed by atoms with van der Waals surface area (Å²) >= 11 is 3.52. The molecular formula is C15H14BrN3O2. The molecule has 2 aromatic heterocycles. The third-order valence-corrected chi connectivity index (χ3v) is 4.26. The lowest BCUT2D eigenvalue weighted by atomic mass is 10.1. The number of aromatic nitrogens is 3. The van der Waals surface area contributed by atoms with Gasteiger partial charge in [-0.2, -0.15) is 5.10 Å². The highest BCUT2D eigenvalue weighted by Crippen LogP contribution is 2.34. The lowest BCUT2D eigenvalue weighted by Crippen LogP contribution is -2.19. The zero-order chi connectivity index (χ0) is 14.2. The molecule has 0 bridgehead atoms. The predicted molar refractivity (Wildman–Crippen MR) is 81.8 cm³/mol. The third-order valence-electron chi connectivity index (χ3n) is 3.76. The van der Waals surface area contributed by atoms with E-state index in [1.807, 2.05) is 10.7 Å². The van der Waals surface area contributed by atoms with Crippen molar-refractivity contribution < 1.29 is 9.15 Å². The van der Waals surface area contributed by atoms with E-state index in [0.717, 1.165) is 40.5 Å². The zero-order valence-corrected chi connectivity index (χ0v) is 12.9. The Hall–Kier alpha value is -1.66. The van der Waals surface area contributed by atoms with Crippen molar-refractivity contribution in [3.8, 4) is 11.5 Å². The van der Waals surface area contributed by atoms with Crippen LogP contribution in [0.3, 0.4) is 0 Å². The first-order chi connectivity index (χ1) is 10.3. The van der Waals surface area contributed by atoms with Gasteiger partial charge >= 0.3 is 0 Å². The topological polar surface area (TPSA) is 53.1 Å². The van der Waals surface area contributed by atoms with Gasteiger partial charge in [0.15, 0.2) is 18.4 Å². The fourth-order valence-corrected chi connectivity index (χ4v) is 3.13. The van der Waals surface area contributed by atoms with Gasteiger partial charge in [-0.15, -0.1) is 0 Å². The highest BCUT2D eigenvalue weighted by atomic mass is 79.9. The molecule has 1 aromatic carbocycles. The van der Waals surface area contributed by atoms with Gasteiger partial charge in [0.05, 0.1) is 11.7 Å². The van der Waals surface area contributed by atoms with E-state index >= 15 is 0 Å². The largest absolute Gasteiger partial charge is 0.442 e. The second kappa shape index (κ2) is 5.27. The van der Waals surface area contributed by atoms with Crippen LogP contribution in [0.25, 0.3) is 22.4 Å². The fraction of sp³-hybridized carbons (Fsp3) is 0.333. The van der Waals surface area contributed by atoms with Crippen LogP contribution >= 0.6 is 15.9 Å². The van der Waals surface area contributed by atoms with Crippen LogP contribution in [0.1, 0.15) is 25.5 Å². The molecule has 3 heterocycles. The van der Waals surface area contributed by atoms with Crippen molar-refractivity contribution in [2.45, 2.75) is 25.5 Å². The molecule has 0 spiro atoms. The summed E-state index contributed by atoms with van der Waals surface area (Å²) < 4.78 is 14.3. The minimum Gasteiger partial charge on any atom is -0.442 e. The first-order valence-electron chi connectivity index (χ1n) is 7.01. The van der Waals surface area contributed by atoms with Crippen molar-refractivity contribution in [2.24, 2.45) is 0 Å². The number of benzene rings is 1. The molecule has 5 nitrogen and oxygen atoms in total. The molecule has 1 fully saturated rings. The molecule has 0 N–H and O–H groups in total. The third kappa shape index (κ3) is 2.28. The Morgan fingerprint density at radius 3 is 3.00 bits per heavy atom. The number of ether oxygens (including phenoxy) is 1. The van der Waals surface area contributed by atoms with Gasteiger partial charge in [-0.1, -0.05) is 15.9 Å². The first-order valence-corrected chi connectivity index (χ1v) is 7.80. The maximum atomic E-state index is 5.88. The van der Waals surface area contributed by atoms with Crippen LogP contribution in [0.2, 0.25) is 0 Å². The average Bonchev–Trinajstić information content (AvgIpc) is 3.14. The van der Waals surface area contributed by atoms with Crippen LogP contribution in [0, 0.1) is 0 Å². The Bertz CT molecular complexity index is 761. The second-order valence-corrected chi connectivity index (χ2v) is 6.06. The Morgan fingerprint density at radius 2 is 2.24 bits per heavy atom. The number of halogens is 1. The molecule has 0 amide bonds. The molecule has 0 aliphatic carbocycles. The number of rotatable bonds is 2. The van der Waals surface area contributed by atoms with E-state index in [1.54, 1.807) is 6.20 Å². The maximum absolute atomic E-state index is 5.88.